The lowest BCUT2D eigenvalue weighted by molar-refractivity contribution is 0.0946. The van der Waals surface area contributed by atoms with E-state index in [1.165, 1.54) is 6.20 Å². The third kappa shape index (κ3) is 3.45. The number of pyridine rings is 1. The number of nitrogen functional groups attached to an aromatic ring is 1. The van der Waals surface area contributed by atoms with Crippen LogP contribution in [0.25, 0.3) is 0 Å². The first-order valence-electron chi connectivity index (χ1n) is 5.81. The molecule has 0 fully saturated rings. The SMILES string of the molecule is COc1cccc(CNC(=O)c2cc(N)ccn2)c1. The van der Waals surface area contributed by atoms with Crippen molar-refractivity contribution in [3.05, 3.63) is 53.9 Å². The van der Waals surface area contributed by atoms with Gasteiger partial charge in [0.25, 0.3) is 5.91 Å². The molecule has 1 amide bonds. The van der Waals surface area contributed by atoms with Crippen molar-refractivity contribution >= 4 is 11.6 Å². The monoisotopic (exact) mass is 257 g/mol. The van der Waals surface area contributed by atoms with Crippen LogP contribution in [0.1, 0.15) is 16.1 Å². The zero-order valence-corrected chi connectivity index (χ0v) is 10.6. The summed E-state index contributed by atoms with van der Waals surface area (Å²) >= 11 is 0. The van der Waals surface area contributed by atoms with Crippen LogP contribution in [-0.2, 0) is 6.54 Å². The summed E-state index contributed by atoms with van der Waals surface area (Å²) in [6.45, 7) is 0.409. The average molecular weight is 257 g/mol. The fourth-order valence-electron chi connectivity index (χ4n) is 1.63. The van der Waals surface area contributed by atoms with E-state index in [1.807, 2.05) is 24.3 Å². The van der Waals surface area contributed by atoms with E-state index in [0.29, 0.717) is 17.9 Å². The highest BCUT2D eigenvalue weighted by Gasteiger charge is 2.07. The van der Waals surface area contributed by atoms with Crippen molar-refractivity contribution in [2.45, 2.75) is 6.54 Å². The van der Waals surface area contributed by atoms with Gasteiger partial charge < -0.3 is 15.8 Å². The zero-order valence-electron chi connectivity index (χ0n) is 10.6. The maximum atomic E-state index is 11.9. The molecule has 19 heavy (non-hydrogen) atoms. The molecular weight excluding hydrogens is 242 g/mol. The molecule has 0 saturated carbocycles. The minimum absolute atomic E-state index is 0.255. The molecule has 0 saturated heterocycles. The Balaban J connectivity index is 2.00. The van der Waals surface area contributed by atoms with Crippen LogP contribution in [0.3, 0.4) is 0 Å². The van der Waals surface area contributed by atoms with Crippen molar-refractivity contribution in [3.63, 3.8) is 0 Å². The lowest BCUT2D eigenvalue weighted by Crippen LogP contribution is -2.23. The van der Waals surface area contributed by atoms with Gasteiger partial charge in [-0.25, -0.2) is 0 Å². The van der Waals surface area contributed by atoms with Crippen molar-refractivity contribution in [2.75, 3.05) is 12.8 Å². The van der Waals surface area contributed by atoms with Crippen LogP contribution in [0.4, 0.5) is 5.69 Å². The lowest BCUT2D eigenvalue weighted by Gasteiger charge is -2.06. The van der Waals surface area contributed by atoms with Gasteiger partial charge in [-0.3, -0.25) is 9.78 Å². The molecular formula is C14H15N3O2. The van der Waals surface area contributed by atoms with Gasteiger partial charge in [-0.2, -0.15) is 0 Å². The molecule has 1 heterocycles. The third-order valence-electron chi connectivity index (χ3n) is 2.60. The van der Waals surface area contributed by atoms with Gasteiger partial charge in [0.2, 0.25) is 0 Å². The smallest absolute Gasteiger partial charge is 0.270 e. The number of anilines is 1. The van der Waals surface area contributed by atoms with Crippen LogP contribution < -0.4 is 15.8 Å². The number of amides is 1. The number of nitrogens with zero attached hydrogens (tertiary/aromatic N) is 1. The lowest BCUT2D eigenvalue weighted by atomic mass is 10.2. The van der Waals surface area contributed by atoms with Gasteiger partial charge in [0.05, 0.1) is 7.11 Å². The van der Waals surface area contributed by atoms with E-state index < -0.39 is 0 Å². The Labute approximate surface area is 111 Å². The van der Waals surface area contributed by atoms with Crippen LogP contribution in [0.5, 0.6) is 5.75 Å². The van der Waals surface area contributed by atoms with Crippen molar-refractivity contribution in [2.24, 2.45) is 0 Å². The predicted octanol–water partition coefficient (Wildman–Crippen LogP) is 1.60. The summed E-state index contributed by atoms with van der Waals surface area (Å²) < 4.78 is 5.12. The highest BCUT2D eigenvalue weighted by molar-refractivity contribution is 5.92. The Kier molecular flexibility index (Phi) is 3.97. The van der Waals surface area contributed by atoms with E-state index >= 15 is 0 Å². The van der Waals surface area contributed by atoms with Crippen molar-refractivity contribution in [1.29, 1.82) is 0 Å². The molecule has 3 N–H and O–H groups in total. The molecule has 0 aliphatic carbocycles. The highest BCUT2D eigenvalue weighted by atomic mass is 16.5. The Morgan fingerprint density at radius 3 is 2.95 bits per heavy atom. The molecule has 2 aromatic rings. The number of rotatable bonds is 4. The summed E-state index contributed by atoms with van der Waals surface area (Å²) in [6.07, 6.45) is 1.51. The molecule has 0 spiro atoms. The van der Waals surface area contributed by atoms with Crippen LogP contribution in [-0.4, -0.2) is 18.0 Å². The Morgan fingerprint density at radius 1 is 1.37 bits per heavy atom. The molecule has 0 radical (unpaired) electrons. The fraction of sp³-hybridized carbons (Fsp3) is 0.143. The summed E-state index contributed by atoms with van der Waals surface area (Å²) in [6, 6.07) is 10.7. The van der Waals surface area contributed by atoms with Crippen molar-refractivity contribution < 1.29 is 9.53 Å². The summed E-state index contributed by atoms with van der Waals surface area (Å²) in [7, 11) is 1.61. The maximum absolute atomic E-state index is 11.9. The number of carbonyl (C=O) groups is 1. The standard InChI is InChI=1S/C14H15N3O2/c1-19-12-4-2-3-10(7-12)9-17-14(18)13-8-11(15)5-6-16-13/h2-8H,9H2,1H3,(H2,15,16)(H,17,18). The van der Waals surface area contributed by atoms with E-state index in [1.54, 1.807) is 19.2 Å². The number of nitrogens with one attached hydrogen (secondary N) is 1. The Morgan fingerprint density at radius 2 is 2.21 bits per heavy atom. The second kappa shape index (κ2) is 5.86. The molecule has 1 aromatic carbocycles. The number of nitrogens with two attached hydrogens (primary N) is 1. The van der Waals surface area contributed by atoms with Gasteiger partial charge in [0.1, 0.15) is 11.4 Å². The number of carbonyl (C=O) groups excluding carboxylic acids is 1. The van der Waals surface area contributed by atoms with E-state index in [9.17, 15) is 4.79 Å². The summed E-state index contributed by atoms with van der Waals surface area (Å²) in [4.78, 5) is 15.8. The Hall–Kier alpha value is -2.56. The van der Waals surface area contributed by atoms with E-state index in [-0.39, 0.29) is 5.91 Å². The third-order valence-corrected chi connectivity index (χ3v) is 2.60. The van der Waals surface area contributed by atoms with Gasteiger partial charge in [-0.1, -0.05) is 12.1 Å². The number of aromatic nitrogens is 1. The number of hydrogen-bond acceptors (Lipinski definition) is 4. The Bertz CT molecular complexity index is 584. The summed E-state index contributed by atoms with van der Waals surface area (Å²) in [5.41, 5.74) is 7.38. The van der Waals surface area contributed by atoms with Gasteiger partial charge in [0, 0.05) is 18.4 Å². The normalized spacial score (nSPS) is 9.95. The highest BCUT2D eigenvalue weighted by Crippen LogP contribution is 2.12. The molecule has 0 aliphatic heterocycles. The second-order valence-corrected chi connectivity index (χ2v) is 4.01. The number of hydrogen-bond donors (Lipinski definition) is 2. The van der Waals surface area contributed by atoms with E-state index in [4.69, 9.17) is 10.5 Å². The fourth-order valence-corrected chi connectivity index (χ4v) is 1.63. The zero-order chi connectivity index (χ0) is 13.7. The molecule has 0 unspecified atom stereocenters. The van der Waals surface area contributed by atoms with Gasteiger partial charge in [0.15, 0.2) is 0 Å². The number of methoxy groups -OCH3 is 1. The number of benzene rings is 1. The van der Waals surface area contributed by atoms with E-state index in [0.717, 1.165) is 11.3 Å². The van der Waals surface area contributed by atoms with Crippen molar-refractivity contribution in [1.82, 2.24) is 10.3 Å². The molecule has 98 valence electrons. The minimum Gasteiger partial charge on any atom is -0.497 e. The predicted molar refractivity (Wildman–Crippen MR) is 72.8 cm³/mol. The largest absolute Gasteiger partial charge is 0.497 e. The molecule has 5 nitrogen and oxygen atoms in total. The summed E-state index contributed by atoms with van der Waals surface area (Å²) in [5, 5.41) is 2.78. The number of ether oxygens (including phenoxy) is 1. The molecule has 5 heteroatoms. The van der Waals surface area contributed by atoms with Gasteiger partial charge >= 0.3 is 0 Å². The second-order valence-electron chi connectivity index (χ2n) is 4.01. The van der Waals surface area contributed by atoms with E-state index in [2.05, 4.69) is 10.3 Å². The molecule has 0 aliphatic rings. The maximum Gasteiger partial charge on any atom is 0.270 e. The first-order chi connectivity index (χ1) is 9.19. The quantitative estimate of drug-likeness (QED) is 0.872. The van der Waals surface area contributed by atoms with Crippen LogP contribution in [0.2, 0.25) is 0 Å². The topological polar surface area (TPSA) is 77.2 Å². The minimum atomic E-state index is -0.255. The van der Waals surface area contributed by atoms with Gasteiger partial charge in [-0.05, 0) is 29.8 Å². The molecule has 0 bridgehead atoms. The molecule has 2 rings (SSSR count). The van der Waals surface area contributed by atoms with Crippen LogP contribution in [0.15, 0.2) is 42.6 Å². The first-order valence-corrected chi connectivity index (χ1v) is 5.81. The first kappa shape index (κ1) is 12.9. The average Bonchev–Trinajstić information content (AvgIpc) is 2.45. The molecule has 1 aromatic heterocycles. The van der Waals surface area contributed by atoms with Crippen molar-refractivity contribution in [3.8, 4) is 5.75 Å². The van der Waals surface area contributed by atoms with Crippen LogP contribution in [0, 0.1) is 0 Å². The van der Waals surface area contributed by atoms with Crippen LogP contribution >= 0.6 is 0 Å². The van der Waals surface area contributed by atoms with Gasteiger partial charge in [-0.15, -0.1) is 0 Å². The molecule has 0 atom stereocenters. The summed E-state index contributed by atoms with van der Waals surface area (Å²) in [5.74, 6) is 0.504.